The Hall–Kier alpha value is -2.54. The maximum absolute atomic E-state index is 11.7. The van der Waals surface area contributed by atoms with Gasteiger partial charge < -0.3 is 10.2 Å². The zero-order valence-corrected chi connectivity index (χ0v) is 14.6. The van der Waals surface area contributed by atoms with Crippen LogP contribution < -0.4 is 10.2 Å². The van der Waals surface area contributed by atoms with Crippen molar-refractivity contribution in [2.45, 2.75) is 33.2 Å². The number of fused-ring (bicyclic) bond motifs is 1. The summed E-state index contributed by atoms with van der Waals surface area (Å²) < 4.78 is 0. The molecule has 0 spiro atoms. The predicted octanol–water partition coefficient (Wildman–Crippen LogP) is 3.28. The summed E-state index contributed by atoms with van der Waals surface area (Å²) in [6.45, 7) is 8.46. The summed E-state index contributed by atoms with van der Waals surface area (Å²) in [7, 11) is 3.61. The van der Waals surface area contributed by atoms with E-state index in [9.17, 15) is 10.1 Å². The number of nitrogens with zero attached hydrogens (tertiary/aromatic N) is 2. The Morgan fingerprint density at radius 2 is 2.00 bits per heavy atom. The average molecular weight is 309 g/mol. The molecule has 1 aromatic rings. The molecule has 4 nitrogen and oxygen atoms in total. The van der Waals surface area contributed by atoms with Gasteiger partial charge >= 0.3 is 0 Å². The van der Waals surface area contributed by atoms with E-state index in [0.29, 0.717) is 0 Å². The molecule has 1 aromatic carbocycles. The molecule has 4 heteroatoms. The molecular weight excluding hydrogens is 286 g/mol. The van der Waals surface area contributed by atoms with Gasteiger partial charge in [-0.3, -0.25) is 4.79 Å². The Labute approximate surface area is 138 Å². The monoisotopic (exact) mass is 309 g/mol. The molecule has 120 valence electrons. The summed E-state index contributed by atoms with van der Waals surface area (Å²) >= 11 is 0. The van der Waals surface area contributed by atoms with Crippen LogP contribution in [-0.4, -0.2) is 25.5 Å². The number of nitriles is 1. The summed E-state index contributed by atoms with van der Waals surface area (Å²) in [4.78, 5) is 14.0. The molecule has 23 heavy (non-hydrogen) atoms. The molecule has 0 bridgehead atoms. The minimum Gasteiger partial charge on any atom is -0.365 e. The lowest BCUT2D eigenvalue weighted by molar-refractivity contribution is -0.116. The second kappa shape index (κ2) is 5.92. The molecule has 0 radical (unpaired) electrons. The average Bonchev–Trinajstić information content (AvgIpc) is 2.50. The molecule has 0 aliphatic carbocycles. The highest BCUT2D eigenvalue weighted by atomic mass is 16.1. The van der Waals surface area contributed by atoms with Crippen LogP contribution in [0.5, 0.6) is 0 Å². The normalized spacial score (nSPS) is 16.3. The van der Waals surface area contributed by atoms with Crippen LogP contribution in [0.3, 0.4) is 0 Å². The molecule has 1 heterocycles. The van der Waals surface area contributed by atoms with E-state index in [2.05, 4.69) is 56.2 Å². The van der Waals surface area contributed by atoms with Gasteiger partial charge in [-0.1, -0.05) is 6.08 Å². The first kappa shape index (κ1) is 16.8. The molecule has 0 aromatic heterocycles. The molecule has 1 N–H and O–H groups in total. The van der Waals surface area contributed by atoms with E-state index in [4.69, 9.17) is 0 Å². The zero-order chi connectivity index (χ0) is 17.4. The van der Waals surface area contributed by atoms with Gasteiger partial charge in [0, 0.05) is 25.3 Å². The highest BCUT2D eigenvalue weighted by Gasteiger charge is 2.28. The van der Waals surface area contributed by atoms with Crippen LogP contribution in [0.15, 0.2) is 23.8 Å². The lowest BCUT2D eigenvalue weighted by Gasteiger charge is -2.41. The number of benzene rings is 1. The molecule has 1 aliphatic heterocycles. The number of rotatable bonds is 2. The highest BCUT2D eigenvalue weighted by molar-refractivity contribution is 6.02. The third-order valence-corrected chi connectivity index (χ3v) is 4.50. The highest BCUT2D eigenvalue weighted by Crippen LogP contribution is 2.39. The van der Waals surface area contributed by atoms with Crippen LogP contribution in [0.2, 0.25) is 0 Å². The molecule has 0 fully saturated rings. The van der Waals surface area contributed by atoms with Gasteiger partial charge in [-0.15, -0.1) is 0 Å². The van der Waals surface area contributed by atoms with Crippen molar-refractivity contribution in [2.75, 3.05) is 19.0 Å². The van der Waals surface area contributed by atoms with Gasteiger partial charge in [-0.2, -0.15) is 5.26 Å². The fourth-order valence-corrected chi connectivity index (χ4v) is 2.91. The number of likely N-dealkylation sites (N-methyl/N-ethyl adjacent to an activating group) is 2. The third kappa shape index (κ3) is 3.00. The topological polar surface area (TPSA) is 56.1 Å². The van der Waals surface area contributed by atoms with Crippen LogP contribution in [-0.2, 0) is 4.79 Å². The van der Waals surface area contributed by atoms with Gasteiger partial charge in [-0.05, 0) is 62.6 Å². The fourth-order valence-electron chi connectivity index (χ4n) is 2.91. The van der Waals surface area contributed by atoms with Crippen LogP contribution in [0.25, 0.3) is 11.6 Å². The molecule has 0 saturated heterocycles. The number of hydrogen-bond acceptors (Lipinski definition) is 3. The zero-order valence-electron chi connectivity index (χ0n) is 14.6. The second-order valence-corrected chi connectivity index (χ2v) is 6.51. The SMILES string of the molecule is CNC(=O)/C(C#N)=C/c1cc2c(cc1C)N(C)C(C)(C)C=C2C. The number of carbonyl (C=O) groups excluding carboxylic acids is 1. The van der Waals surface area contributed by atoms with Gasteiger partial charge in [-0.25, -0.2) is 0 Å². The standard InChI is InChI=1S/C19H23N3O/c1-12-7-17-16(13(2)10-19(3,4)22(17)6)9-14(12)8-15(11-20)18(23)21-5/h7-10H,1-6H3,(H,21,23)/b15-8+. The van der Waals surface area contributed by atoms with Crippen LogP contribution in [0.4, 0.5) is 5.69 Å². The number of nitrogens with one attached hydrogen (secondary N) is 1. The van der Waals surface area contributed by atoms with Crippen molar-refractivity contribution in [3.8, 4) is 6.07 Å². The fraction of sp³-hybridized carbons (Fsp3) is 0.368. The second-order valence-electron chi connectivity index (χ2n) is 6.51. The van der Waals surface area contributed by atoms with Crippen LogP contribution in [0.1, 0.15) is 37.5 Å². The Bertz CT molecular complexity index is 764. The van der Waals surface area contributed by atoms with E-state index in [1.807, 2.05) is 13.0 Å². The molecule has 0 atom stereocenters. The Morgan fingerprint density at radius 1 is 1.35 bits per heavy atom. The quantitative estimate of drug-likeness (QED) is 0.674. The van der Waals surface area contributed by atoms with E-state index >= 15 is 0 Å². The number of anilines is 1. The summed E-state index contributed by atoms with van der Waals surface area (Å²) in [5.41, 5.74) is 5.52. The minimum absolute atomic E-state index is 0.0409. The van der Waals surface area contributed by atoms with Gasteiger partial charge in [0.15, 0.2) is 0 Å². The van der Waals surface area contributed by atoms with Crippen molar-refractivity contribution >= 4 is 23.2 Å². The largest absolute Gasteiger partial charge is 0.365 e. The lowest BCUT2D eigenvalue weighted by Crippen LogP contribution is -2.42. The van der Waals surface area contributed by atoms with Crippen LogP contribution >= 0.6 is 0 Å². The van der Waals surface area contributed by atoms with E-state index < -0.39 is 0 Å². The molecule has 1 amide bonds. The van der Waals surface area contributed by atoms with Gasteiger partial charge in [0.25, 0.3) is 5.91 Å². The molecular formula is C19H23N3O. The number of carbonyl (C=O) groups is 1. The third-order valence-electron chi connectivity index (χ3n) is 4.50. The smallest absolute Gasteiger partial charge is 0.261 e. The molecule has 2 rings (SSSR count). The van der Waals surface area contributed by atoms with Gasteiger partial charge in [0.05, 0.1) is 5.54 Å². The predicted molar refractivity (Wildman–Crippen MR) is 95.0 cm³/mol. The van der Waals surface area contributed by atoms with Crippen molar-refractivity contribution in [3.05, 3.63) is 40.5 Å². The first-order valence-electron chi connectivity index (χ1n) is 7.63. The number of amides is 1. The lowest BCUT2D eigenvalue weighted by atomic mass is 9.87. The maximum atomic E-state index is 11.7. The van der Waals surface area contributed by atoms with Crippen molar-refractivity contribution < 1.29 is 4.79 Å². The Kier molecular flexibility index (Phi) is 4.33. The maximum Gasteiger partial charge on any atom is 0.261 e. The van der Waals surface area contributed by atoms with E-state index in [0.717, 1.165) is 16.7 Å². The first-order chi connectivity index (χ1) is 10.7. The van der Waals surface area contributed by atoms with E-state index in [1.165, 1.54) is 18.3 Å². The van der Waals surface area contributed by atoms with Crippen molar-refractivity contribution in [1.82, 2.24) is 5.32 Å². The Morgan fingerprint density at radius 3 is 2.57 bits per heavy atom. The number of aryl methyl sites for hydroxylation is 1. The van der Waals surface area contributed by atoms with Gasteiger partial charge in [0.1, 0.15) is 11.6 Å². The Balaban J connectivity index is 2.61. The van der Waals surface area contributed by atoms with Gasteiger partial charge in [0.2, 0.25) is 0 Å². The van der Waals surface area contributed by atoms with E-state index in [-0.39, 0.29) is 17.0 Å². The molecule has 0 unspecified atom stereocenters. The van der Waals surface area contributed by atoms with Crippen molar-refractivity contribution in [1.29, 1.82) is 5.26 Å². The van der Waals surface area contributed by atoms with Crippen LogP contribution in [0, 0.1) is 18.3 Å². The summed E-state index contributed by atoms with van der Waals surface area (Å²) in [5.74, 6) is -0.366. The van der Waals surface area contributed by atoms with Crippen molar-refractivity contribution in [3.63, 3.8) is 0 Å². The molecule has 0 saturated carbocycles. The molecule has 1 aliphatic rings. The first-order valence-corrected chi connectivity index (χ1v) is 7.63. The summed E-state index contributed by atoms with van der Waals surface area (Å²) in [6.07, 6.45) is 3.89. The summed E-state index contributed by atoms with van der Waals surface area (Å²) in [5, 5.41) is 11.7. The summed E-state index contributed by atoms with van der Waals surface area (Å²) in [6, 6.07) is 6.15. The van der Waals surface area contributed by atoms with Crippen molar-refractivity contribution in [2.24, 2.45) is 0 Å². The minimum atomic E-state index is -0.366. The number of allylic oxidation sites excluding steroid dienone is 1. The number of hydrogen-bond donors (Lipinski definition) is 1. The van der Waals surface area contributed by atoms with E-state index in [1.54, 1.807) is 6.08 Å².